The molecule has 4 rings (SSSR count). The molecule has 0 saturated carbocycles. The molecule has 2 unspecified atom stereocenters. The molecule has 1 heterocycles. The SMILES string of the molecule is COC(=O)CCCc1cc(NC(=O)OC(C)(C)C)ccc1NC(=O)C(C)C1CCc2cc(Br)cc3[nH]c(C(=O)OC)c1c23. The van der Waals surface area contributed by atoms with E-state index in [9.17, 15) is 19.2 Å². The van der Waals surface area contributed by atoms with Gasteiger partial charge in [0.1, 0.15) is 11.3 Å². The maximum Gasteiger partial charge on any atom is 0.412 e. The smallest absolute Gasteiger partial charge is 0.412 e. The first-order valence-corrected chi connectivity index (χ1v) is 15.0. The Balaban J connectivity index is 1.61. The summed E-state index contributed by atoms with van der Waals surface area (Å²) in [5.41, 5.74) is 4.25. The highest BCUT2D eigenvalue weighted by Crippen LogP contribution is 2.44. The number of rotatable bonds is 9. The predicted molar refractivity (Wildman–Crippen MR) is 167 cm³/mol. The van der Waals surface area contributed by atoms with Crippen molar-refractivity contribution in [1.29, 1.82) is 0 Å². The number of anilines is 2. The monoisotopic (exact) mass is 655 g/mol. The highest BCUT2D eigenvalue weighted by Gasteiger charge is 2.36. The van der Waals surface area contributed by atoms with Gasteiger partial charge in [0.15, 0.2) is 0 Å². The van der Waals surface area contributed by atoms with Crippen LogP contribution in [0.15, 0.2) is 34.8 Å². The minimum Gasteiger partial charge on any atom is -0.469 e. The molecular formula is C32H38BrN3O7. The van der Waals surface area contributed by atoms with E-state index < -0.39 is 23.6 Å². The van der Waals surface area contributed by atoms with Crippen LogP contribution < -0.4 is 10.6 Å². The van der Waals surface area contributed by atoms with E-state index in [4.69, 9.17) is 14.2 Å². The van der Waals surface area contributed by atoms with Crippen molar-refractivity contribution in [2.75, 3.05) is 24.9 Å². The second-order valence-electron chi connectivity index (χ2n) is 11.7. The largest absolute Gasteiger partial charge is 0.469 e. The Hall–Kier alpha value is -3.86. The Labute approximate surface area is 259 Å². The molecule has 1 aliphatic carbocycles. The number of amides is 2. The van der Waals surface area contributed by atoms with Gasteiger partial charge in [0.05, 0.1) is 14.2 Å². The van der Waals surface area contributed by atoms with Crippen molar-refractivity contribution < 1.29 is 33.4 Å². The van der Waals surface area contributed by atoms with Gasteiger partial charge in [-0.05, 0) is 99.4 Å². The molecule has 0 aliphatic heterocycles. The fraction of sp³-hybridized carbons (Fsp3) is 0.438. The van der Waals surface area contributed by atoms with E-state index in [-0.39, 0.29) is 24.2 Å². The van der Waals surface area contributed by atoms with Gasteiger partial charge in [-0.1, -0.05) is 22.9 Å². The Morgan fingerprint density at radius 2 is 1.81 bits per heavy atom. The number of halogens is 1. The van der Waals surface area contributed by atoms with Gasteiger partial charge in [-0.15, -0.1) is 0 Å². The number of carbonyl (C=O) groups excluding carboxylic acids is 4. The third kappa shape index (κ3) is 7.57. The number of hydrogen-bond donors (Lipinski definition) is 3. The zero-order valence-electron chi connectivity index (χ0n) is 25.3. The van der Waals surface area contributed by atoms with Crippen molar-refractivity contribution >= 4 is 62.1 Å². The number of aromatic amines is 1. The molecule has 1 aliphatic rings. The summed E-state index contributed by atoms with van der Waals surface area (Å²) in [6.45, 7) is 7.20. The number of benzene rings is 2. The predicted octanol–water partition coefficient (Wildman–Crippen LogP) is 6.86. The molecule has 1 aromatic heterocycles. The number of aryl methyl sites for hydroxylation is 2. The number of carbonyl (C=O) groups is 4. The Bertz CT molecular complexity index is 1560. The van der Waals surface area contributed by atoms with E-state index >= 15 is 0 Å². The molecule has 2 atom stereocenters. The molecule has 11 heteroatoms. The van der Waals surface area contributed by atoms with E-state index in [1.165, 1.54) is 14.2 Å². The molecule has 0 radical (unpaired) electrons. The molecule has 3 N–H and O–H groups in total. The maximum atomic E-state index is 13.8. The van der Waals surface area contributed by atoms with E-state index in [0.717, 1.165) is 38.5 Å². The minimum absolute atomic E-state index is 0.210. The molecule has 0 fully saturated rings. The first-order valence-electron chi connectivity index (χ1n) is 14.2. The van der Waals surface area contributed by atoms with Crippen molar-refractivity contribution in [1.82, 2.24) is 4.98 Å². The lowest BCUT2D eigenvalue weighted by Crippen LogP contribution is -2.29. The van der Waals surface area contributed by atoms with Gasteiger partial charge in [0.25, 0.3) is 0 Å². The number of ether oxygens (including phenoxy) is 3. The Morgan fingerprint density at radius 3 is 2.49 bits per heavy atom. The van der Waals surface area contributed by atoms with E-state index in [2.05, 4.69) is 37.6 Å². The van der Waals surface area contributed by atoms with Gasteiger partial charge in [0.2, 0.25) is 5.91 Å². The summed E-state index contributed by atoms with van der Waals surface area (Å²) < 4.78 is 16.1. The number of nitrogens with one attached hydrogen (secondary N) is 3. The number of methoxy groups -OCH3 is 2. The molecule has 0 saturated heterocycles. The van der Waals surface area contributed by atoms with E-state index in [0.29, 0.717) is 36.3 Å². The Kier molecular flexibility index (Phi) is 9.84. The van der Waals surface area contributed by atoms with Crippen molar-refractivity contribution in [3.63, 3.8) is 0 Å². The van der Waals surface area contributed by atoms with Crippen LogP contribution in [0.3, 0.4) is 0 Å². The summed E-state index contributed by atoms with van der Waals surface area (Å²) in [4.78, 5) is 53.9. The van der Waals surface area contributed by atoms with Gasteiger partial charge < -0.3 is 24.5 Å². The van der Waals surface area contributed by atoms with Crippen LogP contribution in [0.1, 0.15) is 80.1 Å². The lowest BCUT2D eigenvalue weighted by Gasteiger charge is -2.28. The van der Waals surface area contributed by atoms with Crippen LogP contribution >= 0.6 is 15.9 Å². The van der Waals surface area contributed by atoms with Crippen molar-refractivity contribution in [2.24, 2.45) is 5.92 Å². The molecule has 43 heavy (non-hydrogen) atoms. The van der Waals surface area contributed by atoms with Crippen LogP contribution in [0.2, 0.25) is 0 Å². The molecule has 10 nitrogen and oxygen atoms in total. The van der Waals surface area contributed by atoms with Gasteiger partial charge in [0, 0.05) is 39.1 Å². The highest BCUT2D eigenvalue weighted by molar-refractivity contribution is 9.10. The van der Waals surface area contributed by atoms with Crippen LogP contribution in [-0.2, 0) is 36.6 Å². The second-order valence-corrected chi connectivity index (χ2v) is 12.7. The molecule has 0 spiro atoms. The summed E-state index contributed by atoms with van der Waals surface area (Å²) in [6, 6.07) is 9.16. The molecule has 2 amide bonds. The fourth-order valence-corrected chi connectivity index (χ4v) is 6.07. The van der Waals surface area contributed by atoms with Gasteiger partial charge in [-0.2, -0.15) is 0 Å². The average molecular weight is 657 g/mol. The third-order valence-corrected chi connectivity index (χ3v) is 8.01. The third-order valence-electron chi connectivity index (χ3n) is 7.55. The summed E-state index contributed by atoms with van der Waals surface area (Å²) >= 11 is 3.55. The van der Waals surface area contributed by atoms with Crippen LogP contribution in [0.25, 0.3) is 10.9 Å². The quantitative estimate of drug-likeness (QED) is 0.169. The number of aromatic nitrogens is 1. The van der Waals surface area contributed by atoms with Crippen LogP contribution in [-0.4, -0.2) is 48.7 Å². The molecule has 230 valence electrons. The average Bonchev–Trinajstić information content (AvgIpc) is 3.32. The summed E-state index contributed by atoms with van der Waals surface area (Å²) in [5, 5.41) is 6.76. The highest BCUT2D eigenvalue weighted by atomic mass is 79.9. The summed E-state index contributed by atoms with van der Waals surface area (Å²) in [6.07, 6.45) is 2.00. The first-order chi connectivity index (χ1) is 20.3. The molecule has 3 aromatic rings. The lowest BCUT2D eigenvalue weighted by atomic mass is 9.76. The topological polar surface area (TPSA) is 136 Å². The molecule has 2 aromatic carbocycles. The van der Waals surface area contributed by atoms with E-state index in [1.807, 2.05) is 13.0 Å². The lowest BCUT2D eigenvalue weighted by molar-refractivity contribution is -0.140. The minimum atomic E-state index is -0.660. The summed E-state index contributed by atoms with van der Waals surface area (Å²) in [5.74, 6) is -1.73. The number of esters is 2. The van der Waals surface area contributed by atoms with Crippen molar-refractivity contribution in [2.45, 2.75) is 71.3 Å². The molecule has 0 bridgehead atoms. The standard InChI is InChI=1S/C32H38BrN3O7/c1-17(22-12-10-19-14-20(33)16-24-26(19)27(22)28(35-24)30(39)42-6)29(38)36-23-13-11-21(34-31(40)43-32(2,3)4)15-18(23)8-7-9-25(37)41-5/h11,13-17,22,35H,7-10,12H2,1-6H3,(H,34,40)(H,36,38). The molecular weight excluding hydrogens is 618 g/mol. The zero-order valence-corrected chi connectivity index (χ0v) is 26.9. The van der Waals surface area contributed by atoms with Crippen LogP contribution in [0, 0.1) is 5.92 Å². The second kappa shape index (κ2) is 13.2. The van der Waals surface area contributed by atoms with Crippen LogP contribution in [0.4, 0.5) is 16.2 Å². The van der Waals surface area contributed by atoms with E-state index in [1.54, 1.807) is 39.0 Å². The van der Waals surface area contributed by atoms with Crippen LogP contribution in [0.5, 0.6) is 0 Å². The van der Waals surface area contributed by atoms with Crippen molar-refractivity contribution in [3.8, 4) is 0 Å². The fourth-order valence-electron chi connectivity index (χ4n) is 5.57. The number of hydrogen-bond acceptors (Lipinski definition) is 7. The zero-order chi connectivity index (χ0) is 31.5. The summed E-state index contributed by atoms with van der Waals surface area (Å²) in [7, 11) is 2.68. The number of H-pyrrole nitrogens is 1. The van der Waals surface area contributed by atoms with Crippen molar-refractivity contribution in [3.05, 3.63) is 57.2 Å². The first kappa shape index (κ1) is 32.1. The Morgan fingerprint density at radius 1 is 1.07 bits per heavy atom. The van der Waals surface area contributed by atoms with Gasteiger partial charge in [-0.25, -0.2) is 9.59 Å². The normalized spacial score (nSPS) is 15.0. The van der Waals surface area contributed by atoms with Gasteiger partial charge in [-0.3, -0.25) is 14.9 Å². The van der Waals surface area contributed by atoms with Gasteiger partial charge >= 0.3 is 18.0 Å². The maximum absolute atomic E-state index is 13.8.